The Kier molecular flexibility index (Phi) is 7.02. The van der Waals surface area contributed by atoms with Crippen molar-refractivity contribution >= 4 is 11.5 Å². The number of aromatic hydroxyl groups is 1. The third kappa shape index (κ3) is 6.07. The minimum atomic E-state index is -0.325. The fourth-order valence-electron chi connectivity index (χ4n) is 2.24. The molecule has 0 bridgehead atoms. The third-order valence-corrected chi connectivity index (χ3v) is 3.60. The molecule has 0 heterocycles. The van der Waals surface area contributed by atoms with E-state index >= 15 is 0 Å². The predicted octanol–water partition coefficient (Wildman–Crippen LogP) is 5.16. The number of hydrogen-bond donors (Lipinski definition) is 1. The van der Waals surface area contributed by atoms with Crippen LogP contribution in [0.15, 0.2) is 48.1 Å². The Hall–Kier alpha value is -2.29. The van der Waals surface area contributed by atoms with E-state index in [9.17, 15) is 9.90 Å². The maximum atomic E-state index is 11.4. The lowest BCUT2D eigenvalue weighted by molar-refractivity contribution is -0.137. The number of phenolic OH excluding ortho intramolecular Hbond substituents is 1. The van der Waals surface area contributed by atoms with Gasteiger partial charge in [0.25, 0.3) is 0 Å². The topological polar surface area (TPSA) is 46.5 Å². The van der Waals surface area contributed by atoms with E-state index in [1.165, 1.54) is 6.08 Å². The van der Waals surface area contributed by atoms with Crippen LogP contribution in [0.1, 0.15) is 52.7 Å². The minimum Gasteiger partial charge on any atom is -0.508 e. The van der Waals surface area contributed by atoms with Crippen LogP contribution in [0.4, 0.5) is 0 Å². The number of rotatable bonds is 5. The highest BCUT2D eigenvalue weighted by Gasteiger charge is 2.18. The van der Waals surface area contributed by atoms with Crippen LogP contribution < -0.4 is 0 Å². The van der Waals surface area contributed by atoms with Gasteiger partial charge in [0.15, 0.2) is 0 Å². The van der Waals surface area contributed by atoms with Gasteiger partial charge in [-0.25, -0.2) is 4.79 Å². The Morgan fingerprint density at radius 2 is 1.92 bits per heavy atom. The molecule has 1 rings (SSSR count). The monoisotopic (exact) mass is 328 g/mol. The molecule has 0 aliphatic carbocycles. The van der Waals surface area contributed by atoms with Gasteiger partial charge < -0.3 is 9.84 Å². The molecule has 130 valence electrons. The van der Waals surface area contributed by atoms with Crippen molar-refractivity contribution in [2.24, 2.45) is 0 Å². The van der Waals surface area contributed by atoms with E-state index in [4.69, 9.17) is 4.74 Å². The standard InChI is InChI=1S/C21H28O3/c1-7-24-20(23)13-15(2)9-8-10-16(3)17-11-12-19(22)18(14-17)21(4,5)6/h8-14,22H,7H2,1-6H3/b9-8+,15-13+,16-10+. The van der Waals surface area contributed by atoms with Crippen LogP contribution in [0.2, 0.25) is 0 Å². The molecular weight excluding hydrogens is 300 g/mol. The zero-order valence-corrected chi connectivity index (χ0v) is 15.5. The van der Waals surface area contributed by atoms with Crippen LogP contribution in [-0.2, 0) is 14.9 Å². The number of ether oxygens (including phenoxy) is 1. The van der Waals surface area contributed by atoms with Gasteiger partial charge in [0.1, 0.15) is 5.75 Å². The second kappa shape index (κ2) is 8.53. The molecule has 0 aliphatic heterocycles. The van der Waals surface area contributed by atoms with E-state index in [1.54, 1.807) is 13.0 Å². The zero-order valence-electron chi connectivity index (χ0n) is 15.5. The summed E-state index contributed by atoms with van der Waals surface area (Å²) in [4.78, 5) is 11.4. The van der Waals surface area contributed by atoms with Crippen LogP contribution in [0.3, 0.4) is 0 Å². The molecule has 0 spiro atoms. The minimum absolute atomic E-state index is 0.116. The third-order valence-electron chi connectivity index (χ3n) is 3.60. The molecule has 0 fully saturated rings. The quantitative estimate of drug-likeness (QED) is 0.461. The van der Waals surface area contributed by atoms with Gasteiger partial charge in [-0.15, -0.1) is 0 Å². The Morgan fingerprint density at radius 1 is 1.25 bits per heavy atom. The Morgan fingerprint density at radius 3 is 2.50 bits per heavy atom. The van der Waals surface area contributed by atoms with E-state index < -0.39 is 0 Å². The number of phenols is 1. The summed E-state index contributed by atoms with van der Waals surface area (Å²) >= 11 is 0. The molecule has 1 aromatic carbocycles. The molecule has 0 unspecified atom stereocenters. The van der Waals surface area contributed by atoms with Crippen LogP contribution in [0, 0.1) is 0 Å². The van der Waals surface area contributed by atoms with Crippen LogP contribution in [-0.4, -0.2) is 17.7 Å². The predicted molar refractivity (Wildman–Crippen MR) is 100.0 cm³/mol. The summed E-state index contributed by atoms with van der Waals surface area (Å²) in [6.45, 7) is 12.3. The average molecular weight is 328 g/mol. The average Bonchev–Trinajstić information content (AvgIpc) is 2.46. The molecule has 0 atom stereocenters. The van der Waals surface area contributed by atoms with Gasteiger partial charge in [0, 0.05) is 6.08 Å². The van der Waals surface area contributed by atoms with Gasteiger partial charge in [0.05, 0.1) is 6.61 Å². The van der Waals surface area contributed by atoms with Gasteiger partial charge >= 0.3 is 5.97 Å². The molecule has 1 aromatic rings. The van der Waals surface area contributed by atoms with Crippen LogP contribution in [0.25, 0.3) is 5.57 Å². The summed E-state index contributed by atoms with van der Waals surface area (Å²) in [6.07, 6.45) is 7.23. The number of esters is 1. The van der Waals surface area contributed by atoms with Gasteiger partial charge in [-0.2, -0.15) is 0 Å². The van der Waals surface area contributed by atoms with Crippen molar-refractivity contribution in [3.05, 3.63) is 59.2 Å². The lowest BCUT2D eigenvalue weighted by Crippen LogP contribution is -2.11. The molecule has 0 aliphatic rings. The first-order valence-corrected chi connectivity index (χ1v) is 8.19. The molecular formula is C21H28O3. The van der Waals surface area contributed by atoms with Crippen molar-refractivity contribution in [1.82, 2.24) is 0 Å². The highest BCUT2D eigenvalue weighted by Crippen LogP contribution is 2.32. The number of allylic oxidation sites excluding steroid dienone is 5. The second-order valence-corrected chi connectivity index (χ2v) is 6.83. The maximum Gasteiger partial charge on any atom is 0.330 e. The van der Waals surface area contributed by atoms with Crippen molar-refractivity contribution in [1.29, 1.82) is 0 Å². The molecule has 3 heteroatoms. The van der Waals surface area contributed by atoms with E-state index in [1.807, 2.05) is 44.2 Å². The number of hydrogen-bond acceptors (Lipinski definition) is 3. The molecule has 0 radical (unpaired) electrons. The van der Waals surface area contributed by atoms with Crippen LogP contribution >= 0.6 is 0 Å². The van der Waals surface area contributed by atoms with E-state index in [2.05, 4.69) is 20.8 Å². The summed E-state index contributed by atoms with van der Waals surface area (Å²) < 4.78 is 4.88. The molecule has 0 amide bonds. The first-order chi connectivity index (χ1) is 11.1. The lowest BCUT2D eigenvalue weighted by Gasteiger charge is -2.21. The van der Waals surface area contributed by atoms with Crippen molar-refractivity contribution in [2.75, 3.05) is 6.61 Å². The van der Waals surface area contributed by atoms with Crippen LogP contribution in [0.5, 0.6) is 5.75 Å². The highest BCUT2D eigenvalue weighted by atomic mass is 16.5. The smallest absolute Gasteiger partial charge is 0.330 e. The number of carbonyl (C=O) groups excluding carboxylic acids is 1. The van der Waals surface area contributed by atoms with E-state index in [-0.39, 0.29) is 11.4 Å². The summed E-state index contributed by atoms with van der Waals surface area (Å²) in [7, 11) is 0. The summed E-state index contributed by atoms with van der Waals surface area (Å²) in [5, 5.41) is 10.0. The number of carbonyl (C=O) groups is 1. The van der Waals surface area contributed by atoms with Gasteiger partial charge in [0.2, 0.25) is 0 Å². The largest absolute Gasteiger partial charge is 0.508 e. The van der Waals surface area contributed by atoms with Gasteiger partial charge in [-0.05, 0) is 60.6 Å². The summed E-state index contributed by atoms with van der Waals surface area (Å²) in [5.74, 6) is -0.00323. The fourth-order valence-corrected chi connectivity index (χ4v) is 2.24. The first kappa shape index (κ1) is 19.8. The fraction of sp³-hybridized carbons (Fsp3) is 0.381. The lowest BCUT2D eigenvalue weighted by atomic mass is 9.84. The molecule has 3 nitrogen and oxygen atoms in total. The van der Waals surface area contributed by atoms with E-state index in [0.29, 0.717) is 12.4 Å². The maximum absolute atomic E-state index is 11.4. The molecule has 1 N–H and O–H groups in total. The van der Waals surface area contributed by atoms with Gasteiger partial charge in [-0.3, -0.25) is 0 Å². The van der Waals surface area contributed by atoms with Gasteiger partial charge in [-0.1, -0.05) is 45.1 Å². The Labute approximate surface area is 145 Å². The Balaban J connectivity index is 2.94. The van der Waals surface area contributed by atoms with Crippen molar-refractivity contribution < 1.29 is 14.6 Å². The first-order valence-electron chi connectivity index (χ1n) is 8.19. The molecule has 0 saturated heterocycles. The summed E-state index contributed by atoms with van der Waals surface area (Å²) in [5.41, 5.74) is 3.79. The number of benzene rings is 1. The second-order valence-electron chi connectivity index (χ2n) is 6.83. The van der Waals surface area contributed by atoms with E-state index in [0.717, 1.165) is 22.3 Å². The SMILES string of the molecule is CCOC(=O)/C=C(C)/C=C/C=C(\C)c1ccc(O)c(C(C)(C)C)c1. The van der Waals surface area contributed by atoms with Crippen molar-refractivity contribution in [2.45, 2.75) is 47.0 Å². The zero-order chi connectivity index (χ0) is 18.3. The Bertz CT molecular complexity index is 671. The molecule has 24 heavy (non-hydrogen) atoms. The van der Waals surface area contributed by atoms with Crippen molar-refractivity contribution in [3.63, 3.8) is 0 Å². The highest BCUT2D eigenvalue weighted by molar-refractivity contribution is 5.83. The molecule has 0 saturated carbocycles. The summed E-state index contributed by atoms with van der Waals surface area (Å²) in [6, 6.07) is 5.67. The van der Waals surface area contributed by atoms with Crippen molar-refractivity contribution in [3.8, 4) is 5.75 Å². The molecule has 0 aromatic heterocycles. The normalized spacial score (nSPS) is 13.4.